The van der Waals surface area contributed by atoms with Gasteiger partial charge in [-0.15, -0.1) is 0 Å². The third kappa shape index (κ3) is 3.96. The molecule has 25 heavy (non-hydrogen) atoms. The van der Waals surface area contributed by atoms with Gasteiger partial charge in [-0.1, -0.05) is 49.4 Å². The van der Waals surface area contributed by atoms with E-state index in [1.807, 2.05) is 24.1 Å². The second-order valence-corrected chi connectivity index (χ2v) is 7.02. The van der Waals surface area contributed by atoms with Crippen molar-refractivity contribution in [2.75, 3.05) is 26.7 Å². The van der Waals surface area contributed by atoms with Crippen LogP contribution < -0.4 is 5.32 Å². The van der Waals surface area contributed by atoms with Crippen molar-refractivity contribution >= 4 is 16.8 Å². The van der Waals surface area contributed by atoms with Crippen molar-refractivity contribution in [3.05, 3.63) is 48.0 Å². The van der Waals surface area contributed by atoms with Gasteiger partial charge in [-0.05, 0) is 42.6 Å². The molecule has 0 spiro atoms. The number of nitrogens with one attached hydrogen (secondary N) is 1. The van der Waals surface area contributed by atoms with Gasteiger partial charge in [-0.2, -0.15) is 0 Å². The summed E-state index contributed by atoms with van der Waals surface area (Å²) in [6, 6.07) is 15.0. The molecule has 134 valence electrons. The van der Waals surface area contributed by atoms with Crippen LogP contribution in [0.3, 0.4) is 0 Å². The Morgan fingerprint density at radius 2 is 1.88 bits per heavy atom. The summed E-state index contributed by atoms with van der Waals surface area (Å²) in [5.74, 6) is 0. The van der Waals surface area contributed by atoms with E-state index >= 15 is 0 Å². The highest BCUT2D eigenvalue weighted by Crippen LogP contribution is 2.24. The first-order valence-electron chi connectivity index (χ1n) is 9.33. The molecule has 1 fully saturated rings. The molecule has 0 saturated carbocycles. The summed E-state index contributed by atoms with van der Waals surface area (Å²) in [4.78, 5) is 17.1. The quantitative estimate of drug-likeness (QED) is 0.913. The van der Waals surface area contributed by atoms with Crippen LogP contribution in [0.1, 0.15) is 38.3 Å². The molecule has 1 N–H and O–H groups in total. The predicted molar refractivity (Wildman–Crippen MR) is 104 cm³/mol. The minimum absolute atomic E-state index is 0.0169. The molecule has 4 heteroatoms. The lowest BCUT2D eigenvalue weighted by atomic mass is 9.99. The Labute approximate surface area is 150 Å². The number of carbonyl (C=O) groups is 1. The Bertz CT molecular complexity index is 717. The SMILES string of the molecule is CCN1CCC(N(C)C(=O)NC(C)c2cccc3ccccc23)CC1. The lowest BCUT2D eigenvalue weighted by Crippen LogP contribution is -2.49. The molecular weight excluding hydrogens is 310 g/mol. The molecule has 2 amide bonds. The second kappa shape index (κ2) is 7.87. The monoisotopic (exact) mass is 339 g/mol. The molecule has 2 aromatic rings. The van der Waals surface area contributed by atoms with E-state index in [1.165, 1.54) is 16.3 Å². The van der Waals surface area contributed by atoms with Crippen LogP contribution in [-0.2, 0) is 0 Å². The van der Waals surface area contributed by atoms with Gasteiger partial charge >= 0.3 is 6.03 Å². The first-order valence-corrected chi connectivity index (χ1v) is 9.33. The van der Waals surface area contributed by atoms with Crippen LogP contribution in [0, 0.1) is 0 Å². The van der Waals surface area contributed by atoms with E-state index in [2.05, 4.69) is 54.4 Å². The number of piperidine rings is 1. The average molecular weight is 339 g/mol. The average Bonchev–Trinajstić information content (AvgIpc) is 2.66. The zero-order chi connectivity index (χ0) is 17.8. The zero-order valence-corrected chi connectivity index (χ0v) is 15.5. The van der Waals surface area contributed by atoms with Crippen molar-refractivity contribution < 1.29 is 4.79 Å². The summed E-state index contributed by atoms with van der Waals surface area (Å²) in [7, 11) is 1.93. The van der Waals surface area contributed by atoms with E-state index in [9.17, 15) is 4.79 Å². The maximum atomic E-state index is 12.7. The van der Waals surface area contributed by atoms with Crippen LogP contribution >= 0.6 is 0 Å². The van der Waals surface area contributed by atoms with Crippen molar-refractivity contribution in [1.82, 2.24) is 15.1 Å². The smallest absolute Gasteiger partial charge is 0.317 e. The van der Waals surface area contributed by atoms with Crippen molar-refractivity contribution in [2.45, 2.75) is 38.8 Å². The first kappa shape index (κ1) is 17.7. The van der Waals surface area contributed by atoms with Crippen LogP contribution in [0.15, 0.2) is 42.5 Å². The van der Waals surface area contributed by atoms with Gasteiger partial charge in [0.15, 0.2) is 0 Å². The number of hydrogen-bond donors (Lipinski definition) is 1. The highest BCUT2D eigenvalue weighted by Gasteiger charge is 2.25. The minimum atomic E-state index is -0.0169. The number of hydrogen-bond acceptors (Lipinski definition) is 2. The lowest BCUT2D eigenvalue weighted by Gasteiger charge is -2.36. The van der Waals surface area contributed by atoms with Crippen LogP contribution in [0.5, 0.6) is 0 Å². The fourth-order valence-electron chi connectivity index (χ4n) is 3.78. The van der Waals surface area contributed by atoms with E-state index < -0.39 is 0 Å². The van der Waals surface area contributed by atoms with Gasteiger partial charge in [0, 0.05) is 26.2 Å². The summed E-state index contributed by atoms with van der Waals surface area (Å²) in [5, 5.41) is 5.60. The molecule has 1 atom stereocenters. The van der Waals surface area contributed by atoms with Crippen molar-refractivity contribution in [2.24, 2.45) is 0 Å². The number of urea groups is 1. The summed E-state index contributed by atoms with van der Waals surface area (Å²) >= 11 is 0. The number of fused-ring (bicyclic) bond motifs is 1. The molecule has 1 saturated heterocycles. The Kier molecular flexibility index (Phi) is 5.59. The largest absolute Gasteiger partial charge is 0.331 e. The molecular formula is C21H29N3O. The highest BCUT2D eigenvalue weighted by molar-refractivity contribution is 5.86. The van der Waals surface area contributed by atoms with Crippen LogP contribution in [0.4, 0.5) is 4.79 Å². The van der Waals surface area contributed by atoms with Gasteiger partial charge in [0.25, 0.3) is 0 Å². The number of benzene rings is 2. The summed E-state index contributed by atoms with van der Waals surface area (Å²) in [5.41, 5.74) is 1.17. The number of likely N-dealkylation sites (tertiary alicyclic amines) is 1. The predicted octanol–water partition coefficient (Wildman–Crippen LogP) is 4.03. The van der Waals surface area contributed by atoms with Gasteiger partial charge in [0.2, 0.25) is 0 Å². The summed E-state index contributed by atoms with van der Waals surface area (Å²) < 4.78 is 0. The molecule has 4 nitrogen and oxygen atoms in total. The fourth-order valence-corrected chi connectivity index (χ4v) is 3.78. The zero-order valence-electron chi connectivity index (χ0n) is 15.5. The molecule has 2 aromatic carbocycles. The van der Waals surface area contributed by atoms with Gasteiger partial charge in [0.05, 0.1) is 6.04 Å². The molecule has 1 heterocycles. The first-order chi connectivity index (χ1) is 12.1. The van der Waals surface area contributed by atoms with E-state index in [-0.39, 0.29) is 12.1 Å². The maximum Gasteiger partial charge on any atom is 0.317 e. The van der Waals surface area contributed by atoms with E-state index in [0.717, 1.165) is 32.5 Å². The lowest BCUT2D eigenvalue weighted by molar-refractivity contribution is 0.136. The normalized spacial score (nSPS) is 17.4. The number of nitrogens with zero attached hydrogens (tertiary/aromatic N) is 2. The molecule has 0 aliphatic carbocycles. The maximum absolute atomic E-state index is 12.7. The molecule has 0 bridgehead atoms. The molecule has 0 aromatic heterocycles. The Hall–Kier alpha value is -2.07. The third-order valence-corrected chi connectivity index (χ3v) is 5.50. The minimum Gasteiger partial charge on any atom is -0.331 e. The Balaban J connectivity index is 1.66. The van der Waals surface area contributed by atoms with Gasteiger partial charge in [-0.25, -0.2) is 4.79 Å². The molecule has 1 unspecified atom stereocenters. The number of carbonyl (C=O) groups excluding carboxylic acids is 1. The van der Waals surface area contributed by atoms with Gasteiger partial charge < -0.3 is 15.1 Å². The highest BCUT2D eigenvalue weighted by atomic mass is 16.2. The standard InChI is InChI=1S/C21H29N3O/c1-4-24-14-12-18(13-15-24)23(3)21(25)22-16(2)19-11-7-9-17-8-5-6-10-20(17)19/h5-11,16,18H,4,12-15H2,1-3H3,(H,22,25). The van der Waals surface area contributed by atoms with Crippen LogP contribution in [0.25, 0.3) is 10.8 Å². The number of amides is 2. The third-order valence-electron chi connectivity index (χ3n) is 5.50. The van der Waals surface area contributed by atoms with Crippen molar-refractivity contribution in [1.29, 1.82) is 0 Å². The van der Waals surface area contributed by atoms with Crippen molar-refractivity contribution in [3.8, 4) is 0 Å². The fraction of sp³-hybridized carbons (Fsp3) is 0.476. The van der Waals surface area contributed by atoms with E-state index in [0.29, 0.717) is 6.04 Å². The van der Waals surface area contributed by atoms with E-state index in [4.69, 9.17) is 0 Å². The Morgan fingerprint density at radius 3 is 2.60 bits per heavy atom. The summed E-state index contributed by atoms with van der Waals surface area (Å²) in [6.45, 7) is 7.52. The molecule has 1 aliphatic rings. The van der Waals surface area contributed by atoms with Gasteiger partial charge in [0.1, 0.15) is 0 Å². The van der Waals surface area contributed by atoms with Crippen LogP contribution in [0.2, 0.25) is 0 Å². The summed E-state index contributed by atoms with van der Waals surface area (Å²) in [6.07, 6.45) is 2.11. The second-order valence-electron chi connectivity index (χ2n) is 7.02. The van der Waals surface area contributed by atoms with E-state index in [1.54, 1.807) is 0 Å². The van der Waals surface area contributed by atoms with Crippen molar-refractivity contribution in [3.63, 3.8) is 0 Å². The Morgan fingerprint density at radius 1 is 1.20 bits per heavy atom. The van der Waals surface area contributed by atoms with Gasteiger partial charge in [-0.3, -0.25) is 0 Å². The van der Waals surface area contributed by atoms with Crippen LogP contribution in [-0.4, -0.2) is 48.6 Å². The molecule has 0 radical (unpaired) electrons. The molecule has 3 rings (SSSR count). The molecule has 1 aliphatic heterocycles. The topological polar surface area (TPSA) is 35.6 Å². The number of rotatable bonds is 4.